The number of alkyl halides is 9. The van der Waals surface area contributed by atoms with Gasteiger partial charge in [-0.25, -0.2) is 0 Å². The molecule has 70 heavy (non-hydrogen) atoms. The predicted octanol–water partition coefficient (Wildman–Crippen LogP) is 19.4. The van der Waals surface area contributed by atoms with Crippen molar-refractivity contribution in [3.63, 3.8) is 0 Å². The zero-order chi connectivity index (χ0) is 50.5. The molecule has 9 aromatic rings. The number of anilines is 3. The van der Waals surface area contributed by atoms with Gasteiger partial charge in [0.25, 0.3) is 0 Å². The molecular weight excluding hydrogens is 906 g/mol. The maximum atomic E-state index is 14.4. The summed E-state index contributed by atoms with van der Waals surface area (Å²) < 4.78 is 130. The monoisotopic (exact) mass is 953 g/mol. The molecule has 0 fully saturated rings. The first-order chi connectivity index (χ1) is 32.9. The molecule has 0 radical (unpaired) electrons. The summed E-state index contributed by atoms with van der Waals surface area (Å²) in [6.45, 7) is 16.7. The molecule has 0 aliphatic heterocycles. The molecule has 356 valence electrons. The number of nitrogens with zero attached hydrogens (tertiary/aromatic N) is 1. The molecule has 0 aliphatic rings. The lowest BCUT2D eigenvalue weighted by Gasteiger charge is -2.32. The van der Waals surface area contributed by atoms with Crippen LogP contribution in [0.4, 0.5) is 56.6 Å². The lowest BCUT2D eigenvalue weighted by Crippen LogP contribution is -2.15. The number of hydrogen-bond donors (Lipinski definition) is 0. The van der Waals surface area contributed by atoms with Crippen molar-refractivity contribution >= 4 is 49.4 Å². The lowest BCUT2D eigenvalue weighted by atomic mass is 9.86. The van der Waals surface area contributed by atoms with E-state index in [1.165, 1.54) is 36.4 Å². The second-order valence-corrected chi connectivity index (χ2v) is 18.7. The van der Waals surface area contributed by atoms with Crippen LogP contribution in [0.5, 0.6) is 0 Å². The largest absolute Gasteiger partial charge is 0.417 e. The highest BCUT2D eigenvalue weighted by molar-refractivity contribution is 6.04. The van der Waals surface area contributed by atoms with Gasteiger partial charge >= 0.3 is 18.5 Å². The predicted molar refractivity (Wildman–Crippen MR) is 268 cm³/mol. The molecule has 9 rings (SSSR count). The minimum atomic E-state index is -4.56. The highest BCUT2D eigenvalue weighted by Crippen LogP contribution is 2.50. The third-order valence-electron chi connectivity index (χ3n) is 13.8. The molecule has 0 atom stereocenters. The van der Waals surface area contributed by atoms with Crippen molar-refractivity contribution in [2.24, 2.45) is 0 Å². The van der Waals surface area contributed by atoms with E-state index in [0.717, 1.165) is 67.1 Å². The molecule has 0 aromatic heterocycles. The second kappa shape index (κ2) is 17.1. The van der Waals surface area contributed by atoms with Crippen LogP contribution < -0.4 is 4.90 Å². The number of halogens is 9. The summed E-state index contributed by atoms with van der Waals surface area (Å²) >= 11 is 0. The first-order valence-electron chi connectivity index (χ1n) is 22.8. The van der Waals surface area contributed by atoms with Gasteiger partial charge in [0.1, 0.15) is 0 Å². The molecule has 9 aromatic carbocycles. The Morgan fingerprint density at radius 1 is 0.271 bits per heavy atom. The van der Waals surface area contributed by atoms with Crippen molar-refractivity contribution in [3.8, 4) is 33.4 Å². The number of rotatable bonds is 6. The smallest absolute Gasteiger partial charge is 0.310 e. The maximum Gasteiger partial charge on any atom is 0.417 e. The van der Waals surface area contributed by atoms with Gasteiger partial charge in [-0.3, -0.25) is 0 Å². The zero-order valence-corrected chi connectivity index (χ0v) is 40.0. The van der Waals surface area contributed by atoms with Gasteiger partial charge < -0.3 is 4.90 Å². The van der Waals surface area contributed by atoms with Gasteiger partial charge in [-0.15, -0.1) is 0 Å². The Morgan fingerprint density at radius 3 is 0.729 bits per heavy atom. The van der Waals surface area contributed by atoms with Crippen molar-refractivity contribution < 1.29 is 39.5 Å². The highest BCUT2D eigenvalue weighted by atomic mass is 19.4. The SMILES string of the molecule is Cc1cc(N(c2cc(C)c(-c3c(C)cc(C(F)(F)F)c4ccccc34)cc2C)c2cc(C)c(-c3c(C)cc(C(F)(F)F)c4ccccc34)cc2C)c(C)cc1-c1c(C)cc(C(F)(F)F)c2ccccc12. The molecule has 0 N–H and O–H groups in total. The van der Waals surface area contributed by atoms with Crippen molar-refractivity contribution in [2.45, 2.75) is 80.8 Å². The first-order valence-corrected chi connectivity index (χ1v) is 22.8. The molecule has 0 heterocycles. The maximum absolute atomic E-state index is 14.4. The Morgan fingerprint density at radius 2 is 0.500 bits per heavy atom. The first kappa shape index (κ1) is 48.0. The van der Waals surface area contributed by atoms with Gasteiger partial charge in [-0.05, 0) is 233 Å². The van der Waals surface area contributed by atoms with Gasteiger partial charge in [-0.1, -0.05) is 72.8 Å². The van der Waals surface area contributed by atoms with Gasteiger partial charge in [-0.2, -0.15) is 39.5 Å². The normalized spacial score (nSPS) is 12.4. The van der Waals surface area contributed by atoms with E-state index in [-0.39, 0.29) is 16.2 Å². The Bertz CT molecular complexity index is 3230. The van der Waals surface area contributed by atoms with E-state index in [4.69, 9.17) is 0 Å². The fourth-order valence-electron chi connectivity index (χ4n) is 10.6. The fraction of sp³-hybridized carbons (Fsp3) is 0.200. The van der Waals surface area contributed by atoms with E-state index in [1.807, 2.05) is 77.9 Å². The average molecular weight is 954 g/mol. The number of benzene rings is 9. The van der Waals surface area contributed by atoms with Crippen LogP contribution in [0.25, 0.3) is 65.7 Å². The summed E-state index contributed by atoms with van der Waals surface area (Å²) in [4.78, 5) is 2.14. The van der Waals surface area contributed by atoms with Crippen molar-refractivity contribution in [3.05, 3.63) is 194 Å². The fourth-order valence-corrected chi connectivity index (χ4v) is 10.6. The number of aryl methyl sites for hydroxylation is 9. The third kappa shape index (κ3) is 8.14. The number of fused-ring (bicyclic) bond motifs is 3. The highest BCUT2D eigenvalue weighted by Gasteiger charge is 2.36. The Labute approximate surface area is 400 Å². The van der Waals surface area contributed by atoms with E-state index in [9.17, 15) is 39.5 Å². The summed E-state index contributed by atoms with van der Waals surface area (Å²) in [5, 5.41) is 1.73. The van der Waals surface area contributed by atoms with E-state index in [1.54, 1.807) is 75.4 Å². The molecule has 0 saturated heterocycles. The molecule has 0 saturated carbocycles. The molecular formula is C60H48F9N. The van der Waals surface area contributed by atoms with Crippen LogP contribution in [0.3, 0.4) is 0 Å². The van der Waals surface area contributed by atoms with Crippen LogP contribution in [0.1, 0.15) is 66.8 Å². The summed E-state index contributed by atoms with van der Waals surface area (Å²) in [6.07, 6.45) is -13.7. The minimum Gasteiger partial charge on any atom is -0.310 e. The summed E-state index contributed by atoms with van der Waals surface area (Å²) in [7, 11) is 0. The van der Waals surface area contributed by atoms with E-state index < -0.39 is 35.2 Å². The van der Waals surface area contributed by atoms with Gasteiger partial charge in [0.05, 0.1) is 16.7 Å². The van der Waals surface area contributed by atoms with Crippen LogP contribution in [-0.2, 0) is 18.5 Å². The topological polar surface area (TPSA) is 3.24 Å². The van der Waals surface area contributed by atoms with Crippen molar-refractivity contribution in [2.75, 3.05) is 4.90 Å². The van der Waals surface area contributed by atoms with E-state index >= 15 is 0 Å². The summed E-state index contributed by atoms with van der Waals surface area (Å²) in [6, 6.07) is 35.3. The Hall–Kier alpha value is -7.07. The molecule has 0 unspecified atom stereocenters. The van der Waals surface area contributed by atoms with Crippen LogP contribution in [0.15, 0.2) is 127 Å². The van der Waals surface area contributed by atoms with Crippen LogP contribution in [0.2, 0.25) is 0 Å². The third-order valence-corrected chi connectivity index (χ3v) is 13.8. The Kier molecular flexibility index (Phi) is 11.7. The van der Waals surface area contributed by atoms with Crippen LogP contribution >= 0.6 is 0 Å². The standard InChI is InChI=1S/C60H48F9N/c1-31-28-52(34(4)22-46(31)55-37(7)25-49(58(61,62)63)40-16-10-13-19-43(40)55)70(53-29-32(2)47(23-35(53)5)56-38(8)26-50(59(64,65)66)41-17-11-14-20-44(41)56)54-30-33(3)48(24-36(54)6)57-39(9)27-51(60(67,68)69)42-18-12-15-21-45(42)57/h10-30H,1-9H3. The van der Waals surface area contributed by atoms with Gasteiger partial charge in [0.2, 0.25) is 0 Å². The zero-order valence-electron chi connectivity index (χ0n) is 40.0. The molecule has 0 bridgehead atoms. The quantitative estimate of drug-likeness (QED) is 0.150. The van der Waals surface area contributed by atoms with Gasteiger partial charge in [0.15, 0.2) is 0 Å². The summed E-state index contributed by atoms with van der Waals surface area (Å²) in [5.74, 6) is 0. The van der Waals surface area contributed by atoms with E-state index in [0.29, 0.717) is 49.5 Å². The minimum absolute atomic E-state index is 0.0999. The average Bonchev–Trinajstić information content (AvgIpc) is 3.28. The van der Waals surface area contributed by atoms with Crippen molar-refractivity contribution in [1.82, 2.24) is 0 Å². The van der Waals surface area contributed by atoms with E-state index in [2.05, 4.69) is 4.90 Å². The molecule has 0 aliphatic carbocycles. The summed E-state index contributed by atoms with van der Waals surface area (Å²) in [5.41, 5.74) is 10.8. The van der Waals surface area contributed by atoms with Crippen LogP contribution in [-0.4, -0.2) is 0 Å². The van der Waals surface area contributed by atoms with Crippen LogP contribution in [0, 0.1) is 62.3 Å². The molecule has 0 amide bonds. The lowest BCUT2D eigenvalue weighted by molar-refractivity contribution is -0.137. The second-order valence-electron chi connectivity index (χ2n) is 18.7. The number of hydrogen-bond acceptors (Lipinski definition) is 1. The Balaban J connectivity index is 1.29. The van der Waals surface area contributed by atoms with Gasteiger partial charge in [0, 0.05) is 17.1 Å². The molecule has 1 nitrogen and oxygen atoms in total. The van der Waals surface area contributed by atoms with Crippen molar-refractivity contribution in [1.29, 1.82) is 0 Å². The molecule has 10 heteroatoms. The molecule has 0 spiro atoms.